The lowest BCUT2D eigenvalue weighted by Gasteiger charge is -2.09. The number of amides is 1. The summed E-state index contributed by atoms with van der Waals surface area (Å²) in [5, 5.41) is 23.0. The summed E-state index contributed by atoms with van der Waals surface area (Å²) in [4.78, 5) is 16.4. The molecule has 0 spiro atoms. The van der Waals surface area contributed by atoms with Crippen molar-refractivity contribution >= 4 is 39.9 Å². The maximum Gasteiger partial charge on any atom is 0.270 e. The summed E-state index contributed by atoms with van der Waals surface area (Å²) in [6.07, 6.45) is -0.685. The van der Waals surface area contributed by atoms with E-state index in [4.69, 9.17) is 0 Å². The first-order valence-electron chi connectivity index (χ1n) is 6.20. The number of nitrogens with one attached hydrogen (secondary N) is 1. The van der Waals surface area contributed by atoms with Crippen LogP contribution >= 0.6 is 34.0 Å². The number of aliphatic hydroxyl groups excluding tert-OH is 1. The van der Waals surface area contributed by atoms with Crippen LogP contribution in [0.1, 0.15) is 22.2 Å². The Balaban J connectivity index is 1.61. The summed E-state index contributed by atoms with van der Waals surface area (Å²) in [5.74, 6) is -0.262. The fraction of sp³-hybridized carbons (Fsp3) is 0.143. The van der Waals surface area contributed by atoms with Gasteiger partial charge in [0, 0.05) is 22.9 Å². The first-order valence-corrected chi connectivity index (χ1v) is 8.97. The Hall–Kier alpha value is -1.54. The molecule has 0 aliphatic rings. The van der Waals surface area contributed by atoms with Gasteiger partial charge >= 0.3 is 0 Å². The Morgan fingerprint density at radius 3 is 2.76 bits per heavy atom. The zero-order valence-corrected chi connectivity index (χ0v) is 13.3. The average molecular weight is 336 g/mol. The smallest absolute Gasteiger partial charge is 0.270 e. The van der Waals surface area contributed by atoms with Crippen LogP contribution in [0.3, 0.4) is 0 Å². The molecule has 3 heterocycles. The summed E-state index contributed by atoms with van der Waals surface area (Å²) in [7, 11) is 0. The molecule has 1 unspecified atom stereocenters. The van der Waals surface area contributed by atoms with Crippen molar-refractivity contribution in [3.8, 4) is 10.6 Å². The quantitative estimate of drug-likeness (QED) is 0.751. The molecule has 0 saturated carbocycles. The van der Waals surface area contributed by atoms with Crippen LogP contribution in [-0.4, -0.2) is 22.5 Å². The Labute approximate surface area is 133 Å². The highest BCUT2D eigenvalue weighted by molar-refractivity contribution is 7.14. The lowest BCUT2D eigenvalue weighted by atomic mass is 10.2. The van der Waals surface area contributed by atoms with Crippen molar-refractivity contribution in [1.29, 1.82) is 0 Å². The molecule has 1 atom stereocenters. The Bertz CT molecular complexity index is 705. The van der Waals surface area contributed by atoms with Gasteiger partial charge in [-0.3, -0.25) is 4.79 Å². The molecule has 3 rings (SSSR count). The summed E-state index contributed by atoms with van der Waals surface area (Å²) in [6.45, 7) is 0.181. The normalized spacial score (nSPS) is 12.2. The molecule has 3 aromatic heterocycles. The van der Waals surface area contributed by atoms with E-state index in [0.717, 1.165) is 16.1 Å². The van der Waals surface area contributed by atoms with Crippen molar-refractivity contribution in [1.82, 2.24) is 10.3 Å². The maximum absolute atomic E-state index is 12.0. The second-order valence-electron chi connectivity index (χ2n) is 4.33. The molecule has 0 aromatic carbocycles. The minimum atomic E-state index is -0.685. The van der Waals surface area contributed by atoms with E-state index < -0.39 is 6.10 Å². The van der Waals surface area contributed by atoms with E-state index in [1.54, 1.807) is 16.7 Å². The van der Waals surface area contributed by atoms with Gasteiger partial charge in [-0.15, -0.1) is 11.3 Å². The number of hydrogen-bond donors (Lipinski definition) is 2. The van der Waals surface area contributed by atoms with Gasteiger partial charge in [0.1, 0.15) is 10.7 Å². The standard InChI is InChI=1S/C14H12N2O2S3/c17-12(9-1-3-19-6-9)5-15-13(18)11-8-21-14(16-11)10-2-4-20-7-10/h1-4,6-8,12,17H,5H2,(H,15,18). The predicted molar refractivity (Wildman–Crippen MR) is 87.0 cm³/mol. The third-order valence-electron chi connectivity index (χ3n) is 2.89. The lowest BCUT2D eigenvalue weighted by molar-refractivity contribution is 0.0912. The summed E-state index contributed by atoms with van der Waals surface area (Å²) >= 11 is 4.56. The second kappa shape index (κ2) is 6.48. The van der Waals surface area contributed by atoms with Crippen molar-refractivity contribution in [3.05, 3.63) is 50.3 Å². The molecule has 7 heteroatoms. The first-order chi connectivity index (χ1) is 10.2. The van der Waals surface area contributed by atoms with Gasteiger partial charge in [0.25, 0.3) is 5.91 Å². The van der Waals surface area contributed by atoms with Gasteiger partial charge in [-0.05, 0) is 33.8 Å². The average Bonchev–Trinajstić information content (AvgIpc) is 3.25. The van der Waals surface area contributed by atoms with Gasteiger partial charge < -0.3 is 10.4 Å². The van der Waals surface area contributed by atoms with Gasteiger partial charge in [0.15, 0.2) is 0 Å². The SMILES string of the molecule is O=C(NCC(O)c1ccsc1)c1csc(-c2ccsc2)n1. The van der Waals surface area contributed by atoms with Crippen LogP contribution in [0.2, 0.25) is 0 Å². The van der Waals surface area contributed by atoms with Crippen LogP contribution < -0.4 is 5.32 Å². The minimum absolute atomic E-state index is 0.181. The van der Waals surface area contributed by atoms with Crippen molar-refractivity contribution in [2.45, 2.75) is 6.10 Å². The fourth-order valence-electron chi connectivity index (χ4n) is 1.76. The molecular formula is C14H12N2O2S3. The first kappa shape index (κ1) is 14.4. The van der Waals surface area contributed by atoms with Crippen LogP contribution in [-0.2, 0) is 0 Å². The van der Waals surface area contributed by atoms with Gasteiger partial charge in [0.05, 0.1) is 6.10 Å². The highest BCUT2D eigenvalue weighted by Gasteiger charge is 2.14. The zero-order chi connectivity index (χ0) is 14.7. The van der Waals surface area contributed by atoms with Crippen LogP contribution in [0.5, 0.6) is 0 Å². The zero-order valence-electron chi connectivity index (χ0n) is 10.9. The Morgan fingerprint density at radius 1 is 1.24 bits per heavy atom. The molecule has 0 aliphatic heterocycles. The number of carbonyl (C=O) groups is 1. The molecular weight excluding hydrogens is 324 g/mol. The number of rotatable bonds is 5. The predicted octanol–water partition coefficient (Wildman–Crippen LogP) is 3.40. The molecule has 0 radical (unpaired) electrons. The highest BCUT2D eigenvalue weighted by Crippen LogP contribution is 2.25. The minimum Gasteiger partial charge on any atom is -0.387 e. The molecule has 2 N–H and O–H groups in total. The summed E-state index contributed by atoms with van der Waals surface area (Å²) in [5.41, 5.74) is 2.23. The molecule has 3 aromatic rings. The molecule has 0 bridgehead atoms. The number of hydrogen-bond acceptors (Lipinski definition) is 6. The van der Waals surface area contributed by atoms with E-state index in [2.05, 4.69) is 10.3 Å². The monoisotopic (exact) mass is 336 g/mol. The lowest BCUT2D eigenvalue weighted by Crippen LogP contribution is -2.28. The van der Waals surface area contributed by atoms with E-state index >= 15 is 0 Å². The van der Waals surface area contributed by atoms with Crippen molar-refractivity contribution < 1.29 is 9.90 Å². The molecule has 21 heavy (non-hydrogen) atoms. The van der Waals surface area contributed by atoms with E-state index in [1.165, 1.54) is 22.7 Å². The number of aliphatic hydroxyl groups is 1. The van der Waals surface area contributed by atoms with E-state index in [0.29, 0.717) is 5.69 Å². The molecule has 4 nitrogen and oxygen atoms in total. The second-order valence-corrected chi connectivity index (χ2v) is 6.75. The van der Waals surface area contributed by atoms with Crippen LogP contribution in [0.4, 0.5) is 0 Å². The molecule has 108 valence electrons. The van der Waals surface area contributed by atoms with Gasteiger partial charge in [0.2, 0.25) is 0 Å². The number of thiophene rings is 2. The Kier molecular flexibility index (Phi) is 4.45. The van der Waals surface area contributed by atoms with Gasteiger partial charge in [-0.2, -0.15) is 22.7 Å². The number of thiazole rings is 1. The van der Waals surface area contributed by atoms with Crippen LogP contribution in [0, 0.1) is 0 Å². The molecule has 0 fully saturated rings. The maximum atomic E-state index is 12.0. The third-order valence-corrected chi connectivity index (χ3v) is 5.16. The Morgan fingerprint density at radius 2 is 2.05 bits per heavy atom. The van der Waals surface area contributed by atoms with Crippen molar-refractivity contribution in [2.24, 2.45) is 0 Å². The molecule has 0 aliphatic carbocycles. The number of aromatic nitrogens is 1. The van der Waals surface area contributed by atoms with E-state index in [-0.39, 0.29) is 12.5 Å². The van der Waals surface area contributed by atoms with E-state index in [1.807, 2.05) is 33.7 Å². The summed E-state index contributed by atoms with van der Waals surface area (Å²) < 4.78 is 0. The third kappa shape index (κ3) is 3.38. The van der Waals surface area contributed by atoms with Crippen molar-refractivity contribution in [2.75, 3.05) is 6.54 Å². The topological polar surface area (TPSA) is 62.2 Å². The van der Waals surface area contributed by atoms with Crippen LogP contribution in [0.25, 0.3) is 10.6 Å². The molecule has 1 amide bonds. The number of carbonyl (C=O) groups excluding carboxylic acids is 1. The summed E-state index contributed by atoms with van der Waals surface area (Å²) in [6, 6.07) is 3.82. The highest BCUT2D eigenvalue weighted by atomic mass is 32.1. The van der Waals surface area contributed by atoms with Gasteiger partial charge in [-0.25, -0.2) is 4.98 Å². The van der Waals surface area contributed by atoms with Gasteiger partial charge in [-0.1, -0.05) is 0 Å². The van der Waals surface area contributed by atoms with Crippen LogP contribution in [0.15, 0.2) is 39.0 Å². The largest absolute Gasteiger partial charge is 0.387 e. The van der Waals surface area contributed by atoms with E-state index in [9.17, 15) is 9.90 Å². The fourth-order valence-corrected chi connectivity index (χ4v) is 3.98. The number of nitrogens with zero attached hydrogens (tertiary/aromatic N) is 1. The molecule has 0 saturated heterocycles. The van der Waals surface area contributed by atoms with Crippen molar-refractivity contribution in [3.63, 3.8) is 0 Å².